The van der Waals surface area contributed by atoms with Crippen LogP contribution in [0.25, 0.3) is 0 Å². The molecule has 1 fully saturated rings. The molecule has 2 rings (SSSR count). The van der Waals surface area contributed by atoms with E-state index in [4.69, 9.17) is 9.47 Å². The van der Waals surface area contributed by atoms with Gasteiger partial charge in [0.25, 0.3) is 0 Å². The first kappa shape index (κ1) is 7.71. The van der Waals surface area contributed by atoms with E-state index in [2.05, 4.69) is 4.98 Å². The zero-order valence-electron chi connectivity index (χ0n) is 6.64. The van der Waals surface area contributed by atoms with Crippen LogP contribution in [0.5, 0.6) is 0 Å². The summed E-state index contributed by atoms with van der Waals surface area (Å²) in [6.45, 7) is 1.32. The van der Waals surface area contributed by atoms with E-state index in [0.29, 0.717) is 13.2 Å². The number of nitrogens with zero attached hydrogens (tertiary/aromatic N) is 1. The molecular formula is C9H10NO2. The zero-order valence-corrected chi connectivity index (χ0v) is 6.64. The number of aromatic nitrogens is 1. The lowest BCUT2D eigenvalue weighted by molar-refractivity contribution is -0.163. The van der Waals surface area contributed by atoms with E-state index in [1.807, 2.05) is 18.6 Å². The third kappa shape index (κ3) is 1.62. The predicted molar refractivity (Wildman–Crippen MR) is 43.2 cm³/mol. The van der Waals surface area contributed by atoms with E-state index in [1.165, 1.54) is 0 Å². The molecule has 1 saturated heterocycles. The average molecular weight is 164 g/mol. The van der Waals surface area contributed by atoms with Crippen molar-refractivity contribution < 1.29 is 9.47 Å². The largest absolute Gasteiger partial charge is 0.348 e. The van der Waals surface area contributed by atoms with Crippen molar-refractivity contribution in [1.29, 1.82) is 0 Å². The maximum absolute atomic E-state index is 5.36. The molecule has 0 bridgehead atoms. The fourth-order valence-corrected chi connectivity index (χ4v) is 1.12. The highest BCUT2D eigenvalue weighted by molar-refractivity contribution is 5.11. The molecule has 1 aliphatic rings. The molecule has 0 N–H and O–H groups in total. The minimum atomic E-state index is -0.210. The first-order chi connectivity index (χ1) is 5.97. The lowest BCUT2D eigenvalue weighted by Crippen LogP contribution is -2.18. The third-order valence-corrected chi connectivity index (χ3v) is 1.71. The summed E-state index contributed by atoms with van der Waals surface area (Å²) in [4.78, 5) is 3.92. The monoisotopic (exact) mass is 164 g/mol. The zero-order chi connectivity index (χ0) is 8.23. The second-order valence-electron chi connectivity index (χ2n) is 2.57. The van der Waals surface area contributed by atoms with Crippen molar-refractivity contribution in [3.8, 4) is 0 Å². The van der Waals surface area contributed by atoms with Gasteiger partial charge in [-0.25, -0.2) is 0 Å². The molecule has 0 amide bonds. The second-order valence-corrected chi connectivity index (χ2v) is 2.57. The Morgan fingerprint density at radius 3 is 2.50 bits per heavy atom. The first-order valence-electron chi connectivity index (χ1n) is 3.91. The molecule has 0 aliphatic carbocycles. The van der Waals surface area contributed by atoms with Crippen molar-refractivity contribution >= 4 is 0 Å². The Labute approximate surface area is 71.3 Å². The molecule has 12 heavy (non-hydrogen) atoms. The number of rotatable bonds is 1. The molecule has 0 atom stereocenters. The Morgan fingerprint density at radius 1 is 1.17 bits per heavy atom. The molecule has 1 aromatic heterocycles. The Hall–Kier alpha value is -0.930. The van der Waals surface area contributed by atoms with Gasteiger partial charge < -0.3 is 9.47 Å². The Balaban J connectivity index is 2.08. The van der Waals surface area contributed by atoms with Gasteiger partial charge in [-0.05, 0) is 12.1 Å². The highest BCUT2D eigenvalue weighted by Crippen LogP contribution is 2.20. The van der Waals surface area contributed by atoms with E-state index in [1.54, 1.807) is 12.4 Å². The van der Waals surface area contributed by atoms with E-state index in [-0.39, 0.29) is 6.29 Å². The summed E-state index contributed by atoms with van der Waals surface area (Å²) in [6.07, 6.45) is 5.22. The summed E-state index contributed by atoms with van der Waals surface area (Å²) in [5.74, 6) is 0. The Kier molecular flexibility index (Phi) is 2.34. The third-order valence-electron chi connectivity index (χ3n) is 1.71. The molecule has 0 aromatic carbocycles. The summed E-state index contributed by atoms with van der Waals surface area (Å²) >= 11 is 0. The van der Waals surface area contributed by atoms with Crippen molar-refractivity contribution in [2.75, 3.05) is 13.2 Å². The van der Waals surface area contributed by atoms with Gasteiger partial charge in [0.15, 0.2) is 6.29 Å². The molecule has 1 aromatic rings. The van der Waals surface area contributed by atoms with Gasteiger partial charge in [0.1, 0.15) is 0 Å². The molecule has 0 spiro atoms. The van der Waals surface area contributed by atoms with Crippen LogP contribution < -0.4 is 0 Å². The molecule has 1 aliphatic heterocycles. The van der Waals surface area contributed by atoms with Crippen molar-refractivity contribution in [3.05, 3.63) is 36.5 Å². The summed E-state index contributed by atoms with van der Waals surface area (Å²) in [5, 5.41) is 0. The Morgan fingerprint density at radius 2 is 1.83 bits per heavy atom. The van der Waals surface area contributed by atoms with Crippen LogP contribution in [0, 0.1) is 6.42 Å². The van der Waals surface area contributed by atoms with E-state index < -0.39 is 0 Å². The Bertz CT molecular complexity index is 232. The van der Waals surface area contributed by atoms with E-state index in [0.717, 1.165) is 5.56 Å². The van der Waals surface area contributed by atoms with Crippen LogP contribution in [-0.4, -0.2) is 18.2 Å². The number of ether oxygens (including phenoxy) is 2. The number of pyridine rings is 1. The van der Waals surface area contributed by atoms with Crippen molar-refractivity contribution in [2.45, 2.75) is 6.29 Å². The van der Waals surface area contributed by atoms with Crippen LogP contribution in [0.1, 0.15) is 11.9 Å². The van der Waals surface area contributed by atoms with Gasteiger partial charge in [-0.15, -0.1) is 0 Å². The fraction of sp³-hybridized carbons (Fsp3) is 0.333. The lowest BCUT2D eigenvalue weighted by atomic mass is 10.2. The van der Waals surface area contributed by atoms with Crippen LogP contribution in [0.2, 0.25) is 0 Å². The summed E-state index contributed by atoms with van der Waals surface area (Å²) < 4.78 is 10.7. The molecule has 0 saturated carbocycles. The van der Waals surface area contributed by atoms with Gasteiger partial charge in [-0.2, -0.15) is 0 Å². The van der Waals surface area contributed by atoms with Crippen LogP contribution in [0.4, 0.5) is 0 Å². The smallest absolute Gasteiger partial charge is 0.183 e. The molecule has 3 heteroatoms. The normalized spacial score (nSPS) is 19.3. The minimum absolute atomic E-state index is 0.210. The van der Waals surface area contributed by atoms with Crippen LogP contribution in [0.15, 0.2) is 24.5 Å². The molecule has 3 nitrogen and oxygen atoms in total. The van der Waals surface area contributed by atoms with Crippen molar-refractivity contribution in [2.24, 2.45) is 0 Å². The summed E-state index contributed by atoms with van der Waals surface area (Å²) in [5.41, 5.74) is 1.03. The molecular weight excluding hydrogens is 154 g/mol. The quantitative estimate of drug-likeness (QED) is 0.627. The lowest BCUT2D eigenvalue weighted by Gasteiger charge is -2.22. The van der Waals surface area contributed by atoms with Crippen LogP contribution >= 0.6 is 0 Å². The highest BCUT2D eigenvalue weighted by Gasteiger charge is 2.15. The van der Waals surface area contributed by atoms with Crippen molar-refractivity contribution in [3.63, 3.8) is 0 Å². The maximum atomic E-state index is 5.36. The van der Waals surface area contributed by atoms with Gasteiger partial charge in [0, 0.05) is 24.4 Å². The fourth-order valence-electron chi connectivity index (χ4n) is 1.12. The average Bonchev–Trinajstić information content (AvgIpc) is 2.21. The molecule has 2 heterocycles. The second kappa shape index (κ2) is 3.65. The maximum Gasteiger partial charge on any atom is 0.183 e. The van der Waals surface area contributed by atoms with Crippen LogP contribution in [-0.2, 0) is 9.47 Å². The van der Waals surface area contributed by atoms with E-state index in [9.17, 15) is 0 Å². The van der Waals surface area contributed by atoms with Gasteiger partial charge in [-0.1, -0.05) is 0 Å². The van der Waals surface area contributed by atoms with Crippen molar-refractivity contribution in [1.82, 2.24) is 4.98 Å². The van der Waals surface area contributed by atoms with Gasteiger partial charge >= 0.3 is 0 Å². The molecule has 63 valence electrons. The first-order valence-corrected chi connectivity index (χ1v) is 3.91. The highest BCUT2D eigenvalue weighted by atomic mass is 16.7. The van der Waals surface area contributed by atoms with Gasteiger partial charge in [0.05, 0.1) is 13.2 Å². The summed E-state index contributed by atoms with van der Waals surface area (Å²) in [6, 6.07) is 3.80. The predicted octanol–water partition coefficient (Wildman–Crippen LogP) is 1.33. The SMILES string of the molecule is [CH]1COC(c2ccncc2)OC1. The topological polar surface area (TPSA) is 31.4 Å². The van der Waals surface area contributed by atoms with E-state index >= 15 is 0 Å². The molecule has 1 radical (unpaired) electrons. The minimum Gasteiger partial charge on any atom is -0.348 e. The van der Waals surface area contributed by atoms with Gasteiger partial charge in [-0.3, -0.25) is 4.98 Å². The van der Waals surface area contributed by atoms with Crippen LogP contribution in [0.3, 0.4) is 0 Å². The number of hydrogen-bond donors (Lipinski definition) is 0. The summed E-state index contributed by atoms with van der Waals surface area (Å²) in [7, 11) is 0. The number of hydrogen-bond acceptors (Lipinski definition) is 3. The standard InChI is InChI=1S/C9H10NO2/c1-6-11-9(12-7-1)8-2-4-10-5-3-8/h1-5,9H,6-7H2. The van der Waals surface area contributed by atoms with Gasteiger partial charge in [0.2, 0.25) is 0 Å². The molecule has 0 unspecified atom stereocenters.